The second-order valence-electron chi connectivity index (χ2n) is 4.19. The maximum atomic E-state index is 4.89. The van der Waals surface area contributed by atoms with Gasteiger partial charge in [0, 0.05) is 10.9 Å². The zero-order valence-electron chi connectivity index (χ0n) is 9.42. The maximum Gasteiger partial charge on any atom is 0.141 e. The van der Waals surface area contributed by atoms with Crippen LogP contribution in [-0.4, -0.2) is 15.3 Å². The monoisotopic (exact) mass is 235 g/mol. The molecule has 0 atom stereocenters. The van der Waals surface area contributed by atoms with Crippen LogP contribution in [0.3, 0.4) is 0 Å². The maximum absolute atomic E-state index is 4.89. The average molecular weight is 235 g/mol. The van der Waals surface area contributed by atoms with Crippen LogP contribution in [0.25, 0.3) is 33.2 Å². The molecule has 86 valence electrons. The van der Waals surface area contributed by atoms with Crippen molar-refractivity contribution in [2.75, 3.05) is 0 Å². The van der Waals surface area contributed by atoms with E-state index in [2.05, 4.69) is 15.3 Å². The number of hydrogen-bond acceptors (Lipinski definition) is 3. The molecule has 4 aromatic rings. The minimum Gasteiger partial charge on any atom is -0.270 e. The highest BCUT2D eigenvalue weighted by Gasteiger charge is 2.10. The summed E-state index contributed by atoms with van der Waals surface area (Å²) in [6.07, 6.45) is 0. The van der Waals surface area contributed by atoms with Gasteiger partial charge in [0.1, 0.15) is 11.0 Å². The van der Waals surface area contributed by atoms with Crippen molar-refractivity contribution >= 4 is 21.9 Å². The molecule has 4 rings (SSSR count). The minimum atomic E-state index is 0.821. The molecule has 0 saturated carbocycles. The van der Waals surface area contributed by atoms with Crippen LogP contribution in [0.5, 0.6) is 0 Å². The number of aromatic amines is 1. The summed E-state index contributed by atoms with van der Waals surface area (Å²) in [6.45, 7) is 0. The lowest BCUT2D eigenvalue weighted by molar-refractivity contribution is 0.316. The van der Waals surface area contributed by atoms with Gasteiger partial charge >= 0.3 is 0 Å². The van der Waals surface area contributed by atoms with Gasteiger partial charge in [-0.1, -0.05) is 35.5 Å². The molecule has 2 heterocycles. The first-order chi connectivity index (χ1) is 8.92. The number of fused-ring (bicyclic) bond motifs is 3. The largest absolute Gasteiger partial charge is 0.270 e. The Labute approximate surface area is 102 Å². The van der Waals surface area contributed by atoms with E-state index in [9.17, 15) is 0 Å². The summed E-state index contributed by atoms with van der Waals surface area (Å²) in [5.74, 6) is 0. The summed E-state index contributed by atoms with van der Waals surface area (Å²) < 4.78 is 4.89. The molecule has 0 aliphatic heterocycles. The molecule has 2 aromatic heterocycles. The first-order valence-corrected chi connectivity index (χ1v) is 5.71. The molecule has 4 nitrogen and oxygen atoms in total. The van der Waals surface area contributed by atoms with E-state index in [0.29, 0.717) is 0 Å². The van der Waals surface area contributed by atoms with Gasteiger partial charge in [-0.05, 0) is 18.2 Å². The van der Waals surface area contributed by atoms with Crippen LogP contribution in [0.4, 0.5) is 0 Å². The second-order valence-corrected chi connectivity index (χ2v) is 4.19. The van der Waals surface area contributed by atoms with Crippen LogP contribution in [0, 0.1) is 0 Å². The predicted molar refractivity (Wildman–Crippen MR) is 69.1 cm³/mol. The van der Waals surface area contributed by atoms with Gasteiger partial charge in [0.25, 0.3) is 0 Å². The summed E-state index contributed by atoms with van der Waals surface area (Å²) in [4.78, 5) is 4.62. The van der Waals surface area contributed by atoms with Gasteiger partial charge < -0.3 is 0 Å². The van der Waals surface area contributed by atoms with E-state index in [0.717, 1.165) is 33.2 Å². The Kier molecular flexibility index (Phi) is 1.80. The molecule has 2 aromatic carbocycles. The van der Waals surface area contributed by atoms with Gasteiger partial charge in [-0.2, -0.15) is 5.16 Å². The van der Waals surface area contributed by atoms with E-state index in [-0.39, 0.29) is 0 Å². The van der Waals surface area contributed by atoms with E-state index < -0.39 is 0 Å². The van der Waals surface area contributed by atoms with Crippen molar-refractivity contribution in [3.8, 4) is 11.3 Å². The van der Waals surface area contributed by atoms with E-state index in [4.69, 9.17) is 4.63 Å². The molecule has 0 saturated heterocycles. The SMILES string of the molecule is c1ccc(-c2cc3c(ccc4[nH]onc43)n2)cc1. The van der Waals surface area contributed by atoms with Crippen LogP contribution in [0.2, 0.25) is 0 Å². The van der Waals surface area contributed by atoms with Crippen molar-refractivity contribution in [2.45, 2.75) is 0 Å². The molecular weight excluding hydrogens is 226 g/mol. The van der Waals surface area contributed by atoms with Crippen LogP contribution in [0.1, 0.15) is 0 Å². The molecule has 0 unspecified atom stereocenters. The highest BCUT2D eigenvalue weighted by molar-refractivity contribution is 6.04. The van der Waals surface area contributed by atoms with Crippen molar-refractivity contribution in [1.82, 2.24) is 15.3 Å². The molecular formula is C14H9N3O. The molecule has 0 radical (unpaired) electrons. The quantitative estimate of drug-likeness (QED) is 0.550. The number of nitrogens with zero attached hydrogens (tertiary/aromatic N) is 2. The molecule has 0 amide bonds. The Hall–Kier alpha value is -2.62. The molecule has 0 bridgehead atoms. The predicted octanol–water partition coefficient (Wildman–Crippen LogP) is 3.37. The Morgan fingerprint density at radius 1 is 1.00 bits per heavy atom. The van der Waals surface area contributed by atoms with Gasteiger partial charge in [-0.25, -0.2) is 4.98 Å². The zero-order chi connectivity index (χ0) is 11.9. The number of benzene rings is 2. The topological polar surface area (TPSA) is 54.7 Å². The first kappa shape index (κ1) is 9.41. The van der Waals surface area contributed by atoms with Gasteiger partial charge in [0.2, 0.25) is 0 Å². The summed E-state index contributed by atoms with van der Waals surface area (Å²) in [5, 5.41) is 7.74. The van der Waals surface area contributed by atoms with Crippen molar-refractivity contribution in [1.29, 1.82) is 0 Å². The Morgan fingerprint density at radius 3 is 2.78 bits per heavy atom. The molecule has 18 heavy (non-hydrogen) atoms. The van der Waals surface area contributed by atoms with Crippen molar-refractivity contribution in [3.63, 3.8) is 0 Å². The lowest BCUT2D eigenvalue weighted by Gasteiger charge is -1.93. The Balaban J connectivity index is 2.04. The summed E-state index contributed by atoms with van der Waals surface area (Å²) in [7, 11) is 0. The van der Waals surface area contributed by atoms with Gasteiger partial charge in [0.15, 0.2) is 0 Å². The first-order valence-electron chi connectivity index (χ1n) is 5.71. The molecule has 1 N–H and O–H groups in total. The average Bonchev–Trinajstić information content (AvgIpc) is 3.05. The third-order valence-corrected chi connectivity index (χ3v) is 3.08. The van der Waals surface area contributed by atoms with Crippen LogP contribution < -0.4 is 0 Å². The number of H-pyrrole nitrogens is 1. The smallest absolute Gasteiger partial charge is 0.141 e. The molecule has 0 aliphatic carbocycles. The lowest BCUT2D eigenvalue weighted by atomic mass is 10.1. The van der Waals surface area contributed by atoms with Crippen LogP contribution in [-0.2, 0) is 0 Å². The van der Waals surface area contributed by atoms with E-state index >= 15 is 0 Å². The van der Waals surface area contributed by atoms with Gasteiger partial charge in [-0.3, -0.25) is 4.63 Å². The van der Waals surface area contributed by atoms with Crippen LogP contribution in [0.15, 0.2) is 53.2 Å². The fourth-order valence-corrected chi connectivity index (χ4v) is 2.19. The number of hydrogen-bond donors (Lipinski definition) is 1. The number of rotatable bonds is 1. The fraction of sp³-hybridized carbons (Fsp3) is 0. The standard InChI is InChI=1S/C14H9N3O/c1-2-4-9(5-3-1)13-8-10-11(15-13)6-7-12-14(10)17-18-16-12/h1-8,16H. The summed E-state index contributed by atoms with van der Waals surface area (Å²) in [6, 6.07) is 16.1. The molecule has 0 aliphatic rings. The second kappa shape index (κ2) is 3.43. The third-order valence-electron chi connectivity index (χ3n) is 3.08. The minimum absolute atomic E-state index is 0.821. The van der Waals surface area contributed by atoms with E-state index in [1.54, 1.807) is 0 Å². The number of nitrogens with one attached hydrogen (secondary N) is 1. The zero-order valence-corrected chi connectivity index (χ0v) is 9.42. The lowest BCUT2D eigenvalue weighted by Crippen LogP contribution is -1.74. The van der Waals surface area contributed by atoms with E-state index in [1.807, 2.05) is 48.5 Å². The highest BCUT2D eigenvalue weighted by Crippen LogP contribution is 2.28. The number of aromatic nitrogens is 3. The van der Waals surface area contributed by atoms with E-state index in [1.165, 1.54) is 0 Å². The molecule has 0 spiro atoms. The van der Waals surface area contributed by atoms with Gasteiger partial charge in [0.05, 0.1) is 11.2 Å². The van der Waals surface area contributed by atoms with Crippen LogP contribution >= 0.6 is 0 Å². The van der Waals surface area contributed by atoms with Crippen molar-refractivity contribution in [3.05, 3.63) is 48.5 Å². The summed E-state index contributed by atoms with van der Waals surface area (Å²) in [5.41, 5.74) is 4.70. The Morgan fingerprint density at radius 2 is 1.89 bits per heavy atom. The summed E-state index contributed by atoms with van der Waals surface area (Å²) >= 11 is 0. The third kappa shape index (κ3) is 1.26. The molecule has 0 fully saturated rings. The Bertz CT molecular complexity index is 830. The normalized spacial score (nSPS) is 11.3. The van der Waals surface area contributed by atoms with Crippen molar-refractivity contribution < 1.29 is 4.63 Å². The molecule has 4 heteroatoms. The van der Waals surface area contributed by atoms with Crippen molar-refractivity contribution in [2.24, 2.45) is 0 Å². The van der Waals surface area contributed by atoms with Gasteiger partial charge in [-0.15, -0.1) is 0 Å². The highest BCUT2D eigenvalue weighted by atomic mass is 16.6. The fourth-order valence-electron chi connectivity index (χ4n) is 2.19.